The van der Waals surface area contributed by atoms with E-state index in [1.807, 2.05) is 13.8 Å². The molecule has 2 unspecified atom stereocenters. The zero-order chi connectivity index (χ0) is 17.7. The maximum absolute atomic E-state index is 12.8. The number of amides is 2. The number of carbonyl (C=O) groups excluding carboxylic acids is 2. The van der Waals surface area contributed by atoms with Crippen molar-refractivity contribution in [3.05, 3.63) is 22.4 Å². The van der Waals surface area contributed by atoms with E-state index in [1.165, 1.54) is 11.3 Å². The van der Waals surface area contributed by atoms with Crippen molar-refractivity contribution in [2.45, 2.75) is 32.4 Å². The largest absolute Gasteiger partial charge is 0.481 e. The molecule has 8 heteroatoms. The standard InChI is InChI=1S/C16H22N2O5S/c1-10(2)14(17-15(21)12-4-3-7-24-12)16(22)18-5-6-23-11(9-18)8-13(19)20/h3-4,7,10-11,14H,5-6,8-9H2,1-2H3,(H,17,21)(H,19,20). The molecule has 2 amide bonds. The smallest absolute Gasteiger partial charge is 0.306 e. The van der Waals surface area contributed by atoms with Gasteiger partial charge in [0.2, 0.25) is 5.91 Å². The van der Waals surface area contributed by atoms with E-state index in [1.54, 1.807) is 22.4 Å². The highest BCUT2D eigenvalue weighted by Crippen LogP contribution is 2.15. The van der Waals surface area contributed by atoms with Crippen LogP contribution >= 0.6 is 11.3 Å². The Morgan fingerprint density at radius 1 is 1.46 bits per heavy atom. The molecule has 7 nitrogen and oxygen atoms in total. The van der Waals surface area contributed by atoms with Gasteiger partial charge in [-0.3, -0.25) is 14.4 Å². The summed E-state index contributed by atoms with van der Waals surface area (Å²) in [4.78, 5) is 38.0. The molecule has 2 heterocycles. The Bertz CT molecular complexity index is 587. The lowest BCUT2D eigenvalue weighted by Gasteiger charge is -2.35. The van der Waals surface area contributed by atoms with E-state index in [2.05, 4.69) is 5.32 Å². The predicted octanol–water partition coefficient (Wildman–Crippen LogP) is 1.20. The lowest BCUT2D eigenvalue weighted by Crippen LogP contribution is -2.55. The fraction of sp³-hybridized carbons (Fsp3) is 0.562. The number of carbonyl (C=O) groups is 3. The monoisotopic (exact) mass is 354 g/mol. The van der Waals surface area contributed by atoms with E-state index in [4.69, 9.17) is 9.84 Å². The lowest BCUT2D eigenvalue weighted by atomic mass is 10.0. The summed E-state index contributed by atoms with van der Waals surface area (Å²) in [5.74, 6) is -1.51. The van der Waals surface area contributed by atoms with Gasteiger partial charge in [0.15, 0.2) is 0 Å². The topological polar surface area (TPSA) is 95.9 Å². The second kappa shape index (κ2) is 8.25. The van der Waals surface area contributed by atoms with Crippen molar-refractivity contribution in [1.29, 1.82) is 0 Å². The van der Waals surface area contributed by atoms with Gasteiger partial charge in [-0.05, 0) is 17.4 Å². The number of hydrogen-bond donors (Lipinski definition) is 2. The summed E-state index contributed by atoms with van der Waals surface area (Å²) in [5.41, 5.74) is 0. The first-order chi connectivity index (χ1) is 11.4. The van der Waals surface area contributed by atoms with Crippen LogP contribution in [0.15, 0.2) is 17.5 Å². The average Bonchev–Trinajstić information content (AvgIpc) is 3.05. The number of hydrogen-bond acceptors (Lipinski definition) is 5. The molecule has 1 aliphatic heterocycles. The fourth-order valence-corrected chi connectivity index (χ4v) is 3.19. The van der Waals surface area contributed by atoms with Crippen molar-refractivity contribution < 1.29 is 24.2 Å². The molecule has 132 valence electrons. The molecule has 1 aromatic rings. The van der Waals surface area contributed by atoms with Gasteiger partial charge in [-0.2, -0.15) is 0 Å². The Morgan fingerprint density at radius 2 is 2.21 bits per heavy atom. The lowest BCUT2D eigenvalue weighted by molar-refractivity contribution is -0.149. The number of aliphatic carboxylic acids is 1. The molecular weight excluding hydrogens is 332 g/mol. The first kappa shape index (κ1) is 18.4. The maximum atomic E-state index is 12.8. The summed E-state index contributed by atoms with van der Waals surface area (Å²) < 4.78 is 5.39. The third kappa shape index (κ3) is 4.78. The van der Waals surface area contributed by atoms with Gasteiger partial charge in [0, 0.05) is 13.1 Å². The molecule has 1 fully saturated rings. The number of nitrogens with zero attached hydrogens (tertiary/aromatic N) is 1. The van der Waals surface area contributed by atoms with Crippen molar-refractivity contribution in [2.75, 3.05) is 19.7 Å². The number of carboxylic acids is 1. The van der Waals surface area contributed by atoms with Gasteiger partial charge in [-0.1, -0.05) is 19.9 Å². The SMILES string of the molecule is CC(C)C(NC(=O)c1cccs1)C(=O)N1CCOC(CC(=O)O)C1. The molecule has 2 rings (SSSR count). The maximum Gasteiger partial charge on any atom is 0.306 e. The number of carboxylic acid groups (broad SMARTS) is 1. The Hall–Kier alpha value is -1.93. The number of nitrogens with one attached hydrogen (secondary N) is 1. The van der Waals surface area contributed by atoms with E-state index >= 15 is 0 Å². The number of thiophene rings is 1. The summed E-state index contributed by atoms with van der Waals surface area (Å²) in [6.45, 7) is 4.66. The van der Waals surface area contributed by atoms with Gasteiger partial charge in [0.1, 0.15) is 6.04 Å². The summed E-state index contributed by atoms with van der Waals surface area (Å²) in [6, 6.07) is 2.84. The summed E-state index contributed by atoms with van der Waals surface area (Å²) in [6.07, 6.45) is -0.654. The molecule has 2 atom stereocenters. The van der Waals surface area contributed by atoms with Gasteiger partial charge in [-0.15, -0.1) is 11.3 Å². The summed E-state index contributed by atoms with van der Waals surface area (Å²) >= 11 is 1.32. The summed E-state index contributed by atoms with van der Waals surface area (Å²) in [5, 5.41) is 13.5. The molecule has 1 aromatic heterocycles. The van der Waals surface area contributed by atoms with Crippen molar-refractivity contribution in [3.63, 3.8) is 0 Å². The first-order valence-corrected chi connectivity index (χ1v) is 8.73. The van der Waals surface area contributed by atoms with Gasteiger partial charge < -0.3 is 20.1 Å². The van der Waals surface area contributed by atoms with Crippen LogP contribution < -0.4 is 5.32 Å². The van der Waals surface area contributed by atoms with E-state index in [9.17, 15) is 14.4 Å². The van der Waals surface area contributed by atoms with Crippen LogP contribution in [0.25, 0.3) is 0 Å². The van der Waals surface area contributed by atoms with Crippen LogP contribution in [0.5, 0.6) is 0 Å². The minimum Gasteiger partial charge on any atom is -0.481 e. The van der Waals surface area contributed by atoms with Crippen LogP contribution in [0.3, 0.4) is 0 Å². The second-order valence-electron chi connectivity index (χ2n) is 6.05. The zero-order valence-corrected chi connectivity index (χ0v) is 14.5. The van der Waals surface area contributed by atoms with E-state index in [0.29, 0.717) is 18.0 Å². The molecule has 0 spiro atoms. The van der Waals surface area contributed by atoms with Gasteiger partial charge >= 0.3 is 5.97 Å². The normalized spacial score (nSPS) is 19.1. The van der Waals surface area contributed by atoms with Crippen LogP contribution in [-0.4, -0.2) is 59.6 Å². The van der Waals surface area contributed by atoms with Gasteiger partial charge in [0.05, 0.1) is 24.0 Å². The van der Waals surface area contributed by atoms with Crippen molar-refractivity contribution >= 4 is 29.1 Å². The van der Waals surface area contributed by atoms with E-state index in [0.717, 1.165) is 0 Å². The molecule has 0 saturated carbocycles. The number of ether oxygens (including phenoxy) is 1. The first-order valence-electron chi connectivity index (χ1n) is 7.85. The van der Waals surface area contributed by atoms with Crippen molar-refractivity contribution in [2.24, 2.45) is 5.92 Å². The van der Waals surface area contributed by atoms with Gasteiger partial charge in [-0.25, -0.2) is 0 Å². The highest BCUT2D eigenvalue weighted by atomic mass is 32.1. The Morgan fingerprint density at radius 3 is 2.79 bits per heavy atom. The molecule has 2 N–H and O–H groups in total. The quantitative estimate of drug-likeness (QED) is 0.800. The second-order valence-corrected chi connectivity index (χ2v) is 7.00. The average molecular weight is 354 g/mol. The van der Waals surface area contributed by atoms with Gasteiger partial charge in [0.25, 0.3) is 5.91 Å². The molecule has 0 radical (unpaired) electrons. The zero-order valence-electron chi connectivity index (χ0n) is 13.7. The molecule has 0 bridgehead atoms. The third-order valence-electron chi connectivity index (χ3n) is 3.82. The predicted molar refractivity (Wildman–Crippen MR) is 89.0 cm³/mol. The van der Waals surface area contributed by atoms with E-state index in [-0.39, 0.29) is 30.7 Å². The molecular formula is C16H22N2O5S. The van der Waals surface area contributed by atoms with E-state index < -0.39 is 18.1 Å². The highest BCUT2D eigenvalue weighted by molar-refractivity contribution is 7.12. The number of morpholine rings is 1. The van der Waals surface area contributed by atoms with Crippen molar-refractivity contribution in [3.8, 4) is 0 Å². The van der Waals surface area contributed by atoms with Crippen molar-refractivity contribution in [1.82, 2.24) is 10.2 Å². The molecule has 24 heavy (non-hydrogen) atoms. The third-order valence-corrected chi connectivity index (χ3v) is 4.69. The summed E-state index contributed by atoms with van der Waals surface area (Å²) in [7, 11) is 0. The molecule has 1 aliphatic rings. The fourth-order valence-electron chi connectivity index (χ4n) is 2.57. The van der Waals surface area contributed by atoms with Crippen LogP contribution in [-0.2, 0) is 14.3 Å². The minimum absolute atomic E-state index is 0.0813. The number of rotatable bonds is 6. The Kier molecular flexibility index (Phi) is 6.33. The molecule has 0 aliphatic carbocycles. The minimum atomic E-state index is -0.958. The van der Waals surface area contributed by atoms with Crippen LogP contribution in [0.1, 0.15) is 29.9 Å². The Balaban J connectivity index is 2.02. The molecule has 0 aromatic carbocycles. The van der Waals surface area contributed by atoms with Crippen LogP contribution in [0.2, 0.25) is 0 Å². The van der Waals surface area contributed by atoms with Crippen LogP contribution in [0, 0.1) is 5.92 Å². The Labute approximate surface area is 144 Å². The highest BCUT2D eigenvalue weighted by Gasteiger charge is 2.33. The molecule has 1 saturated heterocycles. The van der Waals surface area contributed by atoms with Crippen LogP contribution in [0.4, 0.5) is 0 Å².